The van der Waals surface area contributed by atoms with Gasteiger partial charge in [-0.05, 0) is 42.9 Å². The monoisotopic (exact) mass is 310 g/mol. The van der Waals surface area contributed by atoms with Gasteiger partial charge in [0.2, 0.25) is 0 Å². The van der Waals surface area contributed by atoms with Crippen molar-refractivity contribution >= 4 is 27.5 Å². The second-order valence-electron chi connectivity index (χ2n) is 5.23. The van der Waals surface area contributed by atoms with E-state index in [0.29, 0.717) is 23.1 Å². The lowest BCUT2D eigenvalue weighted by Gasteiger charge is -2.20. The molecule has 0 bridgehead atoms. The van der Waals surface area contributed by atoms with Gasteiger partial charge < -0.3 is 11.1 Å². The fourth-order valence-corrected chi connectivity index (χ4v) is 2.93. The van der Waals surface area contributed by atoms with E-state index >= 15 is 0 Å². The van der Waals surface area contributed by atoms with Crippen LogP contribution in [0.2, 0.25) is 0 Å². The van der Waals surface area contributed by atoms with Crippen LogP contribution in [-0.4, -0.2) is 11.9 Å². The minimum atomic E-state index is -0.0639. The summed E-state index contributed by atoms with van der Waals surface area (Å²) in [6.45, 7) is 4.44. The van der Waals surface area contributed by atoms with Crippen molar-refractivity contribution in [1.29, 1.82) is 0 Å². The second-order valence-corrected chi connectivity index (χ2v) is 6.14. The number of carbonyl (C=O) groups is 1. The summed E-state index contributed by atoms with van der Waals surface area (Å²) in [6.07, 6.45) is 2.24. The quantitative estimate of drug-likeness (QED) is 0.824. The lowest BCUT2D eigenvalue weighted by atomic mass is 9.97. The topological polar surface area (TPSA) is 55.1 Å². The molecule has 3 unspecified atom stereocenters. The van der Waals surface area contributed by atoms with Crippen LogP contribution in [0, 0.1) is 11.8 Å². The maximum Gasteiger partial charge on any atom is 0.253 e. The third-order valence-electron chi connectivity index (χ3n) is 4.04. The van der Waals surface area contributed by atoms with E-state index in [4.69, 9.17) is 5.73 Å². The Hall–Kier alpha value is -1.03. The minimum Gasteiger partial charge on any atom is -0.398 e. The standard InChI is InChI=1S/C14H19BrN2O/c1-8-3-6-13(9(8)2)17-14(18)11-5-4-10(15)7-12(11)16/h4-5,7-9,13H,3,6,16H2,1-2H3,(H,17,18). The van der Waals surface area contributed by atoms with Crippen LogP contribution in [0.1, 0.15) is 37.0 Å². The van der Waals surface area contributed by atoms with Crippen LogP contribution in [0.4, 0.5) is 5.69 Å². The van der Waals surface area contributed by atoms with Crippen molar-refractivity contribution in [1.82, 2.24) is 5.32 Å². The maximum absolute atomic E-state index is 12.2. The molecule has 0 spiro atoms. The molecule has 3 nitrogen and oxygen atoms in total. The Morgan fingerprint density at radius 3 is 2.67 bits per heavy atom. The van der Waals surface area contributed by atoms with Crippen LogP contribution in [0.3, 0.4) is 0 Å². The van der Waals surface area contributed by atoms with E-state index in [0.717, 1.165) is 10.9 Å². The largest absolute Gasteiger partial charge is 0.398 e. The number of benzene rings is 1. The number of nitrogens with two attached hydrogens (primary N) is 1. The van der Waals surface area contributed by atoms with Crippen LogP contribution >= 0.6 is 15.9 Å². The number of hydrogen-bond donors (Lipinski definition) is 2. The summed E-state index contributed by atoms with van der Waals surface area (Å²) in [7, 11) is 0. The van der Waals surface area contributed by atoms with E-state index in [1.807, 2.05) is 6.07 Å². The fraction of sp³-hybridized carbons (Fsp3) is 0.500. The molecule has 1 aromatic rings. The van der Waals surface area contributed by atoms with Crippen molar-refractivity contribution in [3.63, 3.8) is 0 Å². The number of carbonyl (C=O) groups excluding carboxylic acids is 1. The Balaban J connectivity index is 2.08. The predicted molar refractivity (Wildman–Crippen MR) is 77.4 cm³/mol. The molecular weight excluding hydrogens is 292 g/mol. The lowest BCUT2D eigenvalue weighted by molar-refractivity contribution is 0.0928. The Labute approximate surface area is 116 Å². The van der Waals surface area contributed by atoms with Crippen molar-refractivity contribution in [2.45, 2.75) is 32.7 Å². The van der Waals surface area contributed by atoms with Gasteiger partial charge in [-0.25, -0.2) is 0 Å². The summed E-state index contributed by atoms with van der Waals surface area (Å²) in [6, 6.07) is 5.63. The number of hydrogen-bond acceptors (Lipinski definition) is 2. The Kier molecular flexibility index (Phi) is 3.95. The molecule has 3 N–H and O–H groups in total. The molecule has 0 radical (unpaired) electrons. The summed E-state index contributed by atoms with van der Waals surface area (Å²) < 4.78 is 0.888. The molecule has 1 saturated carbocycles. The zero-order chi connectivity index (χ0) is 13.3. The SMILES string of the molecule is CC1CCC(NC(=O)c2ccc(Br)cc2N)C1C. The first kappa shape index (κ1) is 13.4. The highest BCUT2D eigenvalue weighted by molar-refractivity contribution is 9.10. The highest BCUT2D eigenvalue weighted by Gasteiger charge is 2.31. The molecule has 3 atom stereocenters. The van der Waals surface area contributed by atoms with Gasteiger partial charge in [-0.1, -0.05) is 29.8 Å². The molecule has 1 fully saturated rings. The Bertz CT molecular complexity index is 461. The first-order valence-corrected chi connectivity index (χ1v) is 7.14. The minimum absolute atomic E-state index is 0.0639. The molecule has 1 amide bonds. The van der Waals surface area contributed by atoms with Gasteiger partial charge in [0.05, 0.1) is 5.56 Å². The molecule has 18 heavy (non-hydrogen) atoms. The van der Waals surface area contributed by atoms with E-state index in [1.165, 1.54) is 6.42 Å². The first-order valence-electron chi connectivity index (χ1n) is 6.35. The molecule has 2 rings (SSSR count). The van der Waals surface area contributed by atoms with Gasteiger partial charge in [0.15, 0.2) is 0 Å². The van der Waals surface area contributed by atoms with Gasteiger partial charge in [0.1, 0.15) is 0 Å². The van der Waals surface area contributed by atoms with E-state index in [-0.39, 0.29) is 11.9 Å². The molecule has 0 saturated heterocycles. The number of halogens is 1. The van der Waals surface area contributed by atoms with Gasteiger partial charge in [-0.15, -0.1) is 0 Å². The third kappa shape index (κ3) is 2.69. The van der Waals surface area contributed by atoms with Gasteiger partial charge in [0.25, 0.3) is 5.91 Å². The molecule has 0 heterocycles. The van der Waals surface area contributed by atoms with Crippen LogP contribution in [0.25, 0.3) is 0 Å². The molecule has 98 valence electrons. The van der Waals surface area contributed by atoms with E-state index in [9.17, 15) is 4.79 Å². The van der Waals surface area contributed by atoms with Crippen LogP contribution in [0.15, 0.2) is 22.7 Å². The summed E-state index contributed by atoms with van der Waals surface area (Å²) >= 11 is 3.34. The number of amides is 1. The smallest absolute Gasteiger partial charge is 0.253 e. The van der Waals surface area contributed by atoms with Crippen LogP contribution in [0.5, 0.6) is 0 Å². The molecular formula is C14H19BrN2O. The Morgan fingerprint density at radius 1 is 1.39 bits per heavy atom. The third-order valence-corrected chi connectivity index (χ3v) is 4.53. The number of nitrogens with one attached hydrogen (secondary N) is 1. The highest BCUT2D eigenvalue weighted by Crippen LogP contribution is 2.31. The zero-order valence-corrected chi connectivity index (χ0v) is 12.3. The number of nitrogen functional groups attached to an aromatic ring is 1. The first-order chi connectivity index (χ1) is 8.49. The van der Waals surface area contributed by atoms with E-state index < -0.39 is 0 Å². The predicted octanol–water partition coefficient (Wildman–Crippen LogP) is 3.20. The van der Waals surface area contributed by atoms with Crippen LogP contribution in [-0.2, 0) is 0 Å². The van der Waals surface area contributed by atoms with Crippen molar-refractivity contribution < 1.29 is 4.79 Å². The van der Waals surface area contributed by atoms with Gasteiger partial charge in [-0.2, -0.15) is 0 Å². The fourth-order valence-electron chi connectivity index (χ4n) is 2.55. The summed E-state index contributed by atoms with van der Waals surface area (Å²) in [5.74, 6) is 1.15. The van der Waals surface area contributed by atoms with Crippen LogP contribution < -0.4 is 11.1 Å². The molecule has 0 aliphatic heterocycles. The van der Waals surface area contributed by atoms with Gasteiger partial charge >= 0.3 is 0 Å². The average Bonchev–Trinajstić information content (AvgIpc) is 2.61. The molecule has 1 aromatic carbocycles. The summed E-state index contributed by atoms with van der Waals surface area (Å²) in [4.78, 5) is 12.2. The molecule has 0 aromatic heterocycles. The lowest BCUT2D eigenvalue weighted by Crippen LogP contribution is -2.37. The Morgan fingerprint density at radius 2 is 2.11 bits per heavy atom. The number of rotatable bonds is 2. The second kappa shape index (κ2) is 5.31. The molecule has 1 aliphatic rings. The molecule has 1 aliphatic carbocycles. The van der Waals surface area contributed by atoms with Crippen molar-refractivity contribution in [2.24, 2.45) is 11.8 Å². The zero-order valence-electron chi connectivity index (χ0n) is 10.7. The van der Waals surface area contributed by atoms with E-state index in [1.54, 1.807) is 12.1 Å². The maximum atomic E-state index is 12.2. The molecule has 4 heteroatoms. The van der Waals surface area contributed by atoms with Gasteiger partial charge in [-0.3, -0.25) is 4.79 Å². The average molecular weight is 311 g/mol. The van der Waals surface area contributed by atoms with Crippen molar-refractivity contribution in [2.75, 3.05) is 5.73 Å². The number of anilines is 1. The summed E-state index contributed by atoms with van der Waals surface area (Å²) in [5.41, 5.74) is 6.94. The van der Waals surface area contributed by atoms with E-state index in [2.05, 4.69) is 35.1 Å². The van der Waals surface area contributed by atoms with Gasteiger partial charge in [0, 0.05) is 16.2 Å². The van der Waals surface area contributed by atoms with Crippen molar-refractivity contribution in [3.8, 4) is 0 Å². The highest BCUT2D eigenvalue weighted by atomic mass is 79.9. The normalized spacial score (nSPS) is 27.2. The van der Waals surface area contributed by atoms with Crippen molar-refractivity contribution in [3.05, 3.63) is 28.2 Å². The summed E-state index contributed by atoms with van der Waals surface area (Å²) in [5, 5.41) is 3.10.